The predicted molar refractivity (Wildman–Crippen MR) is 98.2 cm³/mol. The fourth-order valence-electron chi connectivity index (χ4n) is 2.53. The zero-order valence-electron chi connectivity index (χ0n) is 13.8. The first-order valence-corrected chi connectivity index (χ1v) is 7.93. The number of nitro benzene ring substituents is 1. The van der Waals surface area contributed by atoms with Gasteiger partial charge in [0.05, 0.1) is 22.2 Å². The van der Waals surface area contributed by atoms with Crippen LogP contribution in [-0.2, 0) is 0 Å². The summed E-state index contributed by atoms with van der Waals surface area (Å²) in [5, 5.41) is 13.4. The summed E-state index contributed by atoms with van der Waals surface area (Å²) in [6, 6.07) is 12.8. The molecule has 3 aromatic heterocycles. The molecule has 0 spiro atoms. The highest BCUT2D eigenvalue weighted by Crippen LogP contribution is 2.23. The Hall–Kier alpha value is -4.14. The second-order valence-electron chi connectivity index (χ2n) is 5.65. The molecule has 0 aliphatic heterocycles. The minimum atomic E-state index is -0.455. The summed E-state index contributed by atoms with van der Waals surface area (Å²) < 4.78 is 0. The largest absolute Gasteiger partial charge is 0.337 e. The molecule has 0 bridgehead atoms. The van der Waals surface area contributed by atoms with Crippen molar-refractivity contribution in [2.45, 2.75) is 0 Å². The lowest BCUT2D eigenvalue weighted by atomic mass is 10.2. The van der Waals surface area contributed by atoms with Crippen LogP contribution in [0.4, 0.5) is 11.5 Å². The second-order valence-corrected chi connectivity index (χ2v) is 5.65. The number of hydrogen-bond acceptors (Lipinski definition) is 6. The Morgan fingerprint density at radius 2 is 1.93 bits per heavy atom. The third kappa shape index (κ3) is 3.33. The third-order valence-electron chi connectivity index (χ3n) is 3.86. The van der Waals surface area contributed by atoms with Gasteiger partial charge in [0.15, 0.2) is 0 Å². The maximum absolute atomic E-state index is 12.2. The molecule has 27 heavy (non-hydrogen) atoms. The number of nitrogens with zero attached hydrogens (tertiary/aromatic N) is 4. The lowest BCUT2D eigenvalue weighted by molar-refractivity contribution is -0.384. The van der Waals surface area contributed by atoms with E-state index >= 15 is 0 Å². The molecule has 4 rings (SSSR count). The number of hydrogen-bond donors (Lipinski definition) is 2. The van der Waals surface area contributed by atoms with Crippen LogP contribution in [0.2, 0.25) is 0 Å². The SMILES string of the molecule is O=C(Nc1cc2nc(-c3ccc([N+](=O)[O-])cc3)[nH]c2cn1)c1ccccn1. The standard InChI is InChI=1S/C18H12N6O3/c25-18(13-3-1-2-8-19-13)23-16-9-14-15(10-20-16)22-17(21-14)11-4-6-12(7-5-11)24(26)27/h1-10H,(H,21,22)(H,20,23,25). The molecular weight excluding hydrogens is 348 g/mol. The summed E-state index contributed by atoms with van der Waals surface area (Å²) >= 11 is 0. The molecule has 0 saturated carbocycles. The highest BCUT2D eigenvalue weighted by atomic mass is 16.6. The molecule has 9 nitrogen and oxygen atoms in total. The maximum atomic E-state index is 12.2. The molecule has 1 amide bonds. The second kappa shape index (κ2) is 6.64. The molecule has 0 atom stereocenters. The van der Waals surface area contributed by atoms with Crippen LogP contribution < -0.4 is 5.32 Å². The summed E-state index contributed by atoms with van der Waals surface area (Å²) in [6.07, 6.45) is 3.10. The van der Waals surface area contributed by atoms with Crippen molar-refractivity contribution in [2.24, 2.45) is 0 Å². The summed E-state index contributed by atoms with van der Waals surface area (Å²) in [5.74, 6) is 0.531. The summed E-state index contributed by atoms with van der Waals surface area (Å²) in [7, 11) is 0. The van der Waals surface area contributed by atoms with Gasteiger partial charge in [-0.2, -0.15) is 0 Å². The van der Waals surface area contributed by atoms with Gasteiger partial charge in [-0.05, 0) is 24.3 Å². The first kappa shape index (κ1) is 16.3. The van der Waals surface area contributed by atoms with Crippen molar-refractivity contribution in [1.29, 1.82) is 0 Å². The van der Waals surface area contributed by atoms with Crippen LogP contribution in [0.25, 0.3) is 22.4 Å². The number of anilines is 1. The van der Waals surface area contributed by atoms with Crippen molar-refractivity contribution in [1.82, 2.24) is 19.9 Å². The summed E-state index contributed by atoms with van der Waals surface area (Å²) in [4.78, 5) is 38.2. The number of nitro groups is 1. The maximum Gasteiger partial charge on any atom is 0.275 e. The number of carbonyl (C=O) groups excluding carboxylic acids is 1. The molecule has 2 N–H and O–H groups in total. The molecule has 0 unspecified atom stereocenters. The van der Waals surface area contributed by atoms with Gasteiger partial charge >= 0.3 is 0 Å². The number of fused-ring (bicyclic) bond motifs is 1. The Labute approximate surface area is 152 Å². The van der Waals surface area contributed by atoms with E-state index in [-0.39, 0.29) is 17.3 Å². The van der Waals surface area contributed by atoms with Crippen LogP contribution >= 0.6 is 0 Å². The van der Waals surface area contributed by atoms with Crippen LogP contribution in [-0.4, -0.2) is 30.8 Å². The smallest absolute Gasteiger partial charge is 0.275 e. The number of amides is 1. The van der Waals surface area contributed by atoms with E-state index in [9.17, 15) is 14.9 Å². The Kier molecular flexibility index (Phi) is 4.01. The number of carbonyl (C=O) groups is 1. The molecule has 132 valence electrons. The van der Waals surface area contributed by atoms with Gasteiger partial charge in [-0.3, -0.25) is 19.9 Å². The number of aromatic nitrogens is 4. The minimum absolute atomic E-state index is 0.0102. The van der Waals surface area contributed by atoms with Gasteiger partial charge in [-0.25, -0.2) is 9.97 Å². The first-order chi connectivity index (χ1) is 13.1. The van der Waals surface area contributed by atoms with E-state index in [1.165, 1.54) is 18.3 Å². The van der Waals surface area contributed by atoms with Crippen LogP contribution in [0.15, 0.2) is 60.9 Å². The highest BCUT2D eigenvalue weighted by molar-refractivity contribution is 6.02. The van der Waals surface area contributed by atoms with Crippen molar-refractivity contribution in [2.75, 3.05) is 5.32 Å². The monoisotopic (exact) mass is 360 g/mol. The van der Waals surface area contributed by atoms with Gasteiger partial charge in [0.2, 0.25) is 0 Å². The quantitative estimate of drug-likeness (QED) is 0.425. The average Bonchev–Trinajstić information content (AvgIpc) is 3.12. The normalized spacial score (nSPS) is 10.7. The Morgan fingerprint density at radius 3 is 2.63 bits per heavy atom. The van der Waals surface area contributed by atoms with E-state index in [2.05, 4.69) is 25.3 Å². The van der Waals surface area contributed by atoms with E-state index < -0.39 is 4.92 Å². The molecule has 0 fully saturated rings. The summed E-state index contributed by atoms with van der Waals surface area (Å²) in [6.45, 7) is 0. The van der Waals surface area contributed by atoms with Crippen LogP contribution in [0.3, 0.4) is 0 Å². The van der Waals surface area contributed by atoms with Gasteiger partial charge in [0.1, 0.15) is 17.3 Å². The zero-order chi connectivity index (χ0) is 18.8. The van der Waals surface area contributed by atoms with Crippen molar-refractivity contribution in [3.05, 3.63) is 76.7 Å². The van der Waals surface area contributed by atoms with E-state index in [0.29, 0.717) is 28.2 Å². The molecule has 0 aliphatic rings. The van der Waals surface area contributed by atoms with E-state index in [1.54, 1.807) is 42.6 Å². The van der Waals surface area contributed by atoms with E-state index in [1.807, 2.05) is 0 Å². The number of H-pyrrole nitrogens is 1. The fraction of sp³-hybridized carbons (Fsp3) is 0. The van der Waals surface area contributed by atoms with E-state index in [0.717, 1.165) is 0 Å². The Balaban J connectivity index is 1.60. The molecular formula is C18H12N6O3. The Bertz CT molecular complexity index is 1140. The number of pyridine rings is 2. The molecule has 0 radical (unpaired) electrons. The van der Waals surface area contributed by atoms with Crippen molar-refractivity contribution in [3.8, 4) is 11.4 Å². The van der Waals surface area contributed by atoms with Crippen LogP contribution in [0.1, 0.15) is 10.5 Å². The zero-order valence-corrected chi connectivity index (χ0v) is 13.8. The molecule has 3 heterocycles. The van der Waals surface area contributed by atoms with E-state index in [4.69, 9.17) is 0 Å². The first-order valence-electron chi connectivity index (χ1n) is 7.93. The Morgan fingerprint density at radius 1 is 1.11 bits per heavy atom. The number of nitrogens with one attached hydrogen (secondary N) is 2. The number of aromatic amines is 1. The minimum Gasteiger partial charge on any atom is -0.337 e. The van der Waals surface area contributed by atoms with Crippen molar-refractivity contribution < 1.29 is 9.72 Å². The molecule has 1 aromatic carbocycles. The number of benzene rings is 1. The lowest BCUT2D eigenvalue weighted by Crippen LogP contribution is -2.14. The van der Waals surface area contributed by atoms with Gasteiger partial charge in [-0.15, -0.1) is 0 Å². The third-order valence-corrected chi connectivity index (χ3v) is 3.86. The topological polar surface area (TPSA) is 127 Å². The summed E-state index contributed by atoms with van der Waals surface area (Å²) in [5.41, 5.74) is 2.29. The van der Waals surface area contributed by atoms with Crippen LogP contribution in [0.5, 0.6) is 0 Å². The average molecular weight is 360 g/mol. The number of imidazole rings is 1. The van der Waals surface area contributed by atoms with Crippen LogP contribution in [0, 0.1) is 10.1 Å². The highest BCUT2D eigenvalue weighted by Gasteiger charge is 2.11. The van der Waals surface area contributed by atoms with Crippen molar-refractivity contribution in [3.63, 3.8) is 0 Å². The van der Waals surface area contributed by atoms with Gasteiger partial charge in [-0.1, -0.05) is 6.07 Å². The molecule has 9 heteroatoms. The molecule has 0 aliphatic carbocycles. The van der Waals surface area contributed by atoms with Gasteiger partial charge in [0.25, 0.3) is 11.6 Å². The fourth-order valence-corrected chi connectivity index (χ4v) is 2.53. The van der Waals surface area contributed by atoms with Crippen molar-refractivity contribution >= 4 is 28.4 Å². The molecule has 4 aromatic rings. The number of rotatable bonds is 4. The molecule has 0 saturated heterocycles. The van der Waals surface area contributed by atoms with Gasteiger partial charge < -0.3 is 10.3 Å². The number of non-ortho nitro benzene ring substituents is 1. The lowest BCUT2D eigenvalue weighted by Gasteiger charge is -2.03. The van der Waals surface area contributed by atoms with Gasteiger partial charge in [0, 0.05) is 30.0 Å². The predicted octanol–water partition coefficient (Wildman–Crippen LogP) is 3.18.